The van der Waals surface area contributed by atoms with E-state index in [0.717, 1.165) is 59.0 Å². The number of likely N-dealkylation sites (tertiary alicyclic amines) is 1. The van der Waals surface area contributed by atoms with E-state index in [0.29, 0.717) is 0 Å². The highest BCUT2D eigenvalue weighted by molar-refractivity contribution is 7.07. The molecule has 8 heteroatoms. The second-order valence-corrected chi connectivity index (χ2v) is 8.46. The van der Waals surface area contributed by atoms with Crippen LogP contribution in [-0.2, 0) is 11.3 Å². The second-order valence-electron chi connectivity index (χ2n) is 7.74. The van der Waals surface area contributed by atoms with Crippen LogP contribution >= 0.6 is 11.3 Å². The van der Waals surface area contributed by atoms with E-state index < -0.39 is 0 Å². The van der Waals surface area contributed by atoms with Gasteiger partial charge in [0.15, 0.2) is 5.82 Å². The molecule has 1 amide bonds. The van der Waals surface area contributed by atoms with Crippen molar-refractivity contribution >= 4 is 28.3 Å². The summed E-state index contributed by atoms with van der Waals surface area (Å²) in [5.41, 5.74) is 5.37. The molecule has 0 bridgehead atoms. The number of amides is 1. The predicted octanol–water partition coefficient (Wildman–Crippen LogP) is 4.54. The fourth-order valence-electron chi connectivity index (χ4n) is 4.46. The van der Waals surface area contributed by atoms with Crippen LogP contribution in [0.4, 0.5) is 0 Å². The number of para-hydroxylation sites is 2. The summed E-state index contributed by atoms with van der Waals surface area (Å²) in [6, 6.07) is 13.7. The van der Waals surface area contributed by atoms with Crippen molar-refractivity contribution in [3.63, 3.8) is 0 Å². The lowest BCUT2D eigenvalue weighted by molar-refractivity contribution is -0.132. The van der Waals surface area contributed by atoms with E-state index in [1.54, 1.807) is 19.7 Å². The standard InChI is InChI=1S/C24H24N4O3S/c1-30-16-9-10-17(22(12-16)31-2)20-8-5-11-27(20)23(29)13-28-21-7-4-3-6-18(21)26-24(28)19-14-32-15-25-19/h3-4,6-7,9-10,12,14-15,20H,5,8,11,13H2,1-2H3/t20-/m1/s1. The maximum atomic E-state index is 13.6. The topological polar surface area (TPSA) is 69.5 Å². The fourth-order valence-corrected chi connectivity index (χ4v) is 4.99. The van der Waals surface area contributed by atoms with E-state index in [9.17, 15) is 4.79 Å². The van der Waals surface area contributed by atoms with Crippen LogP contribution < -0.4 is 9.47 Å². The molecule has 1 saturated heterocycles. The number of fused-ring (bicyclic) bond motifs is 1. The number of nitrogens with zero attached hydrogens (tertiary/aromatic N) is 4. The SMILES string of the molecule is COc1ccc([C@H]2CCCN2C(=O)Cn2c(-c3cscn3)nc3ccccc32)c(OC)c1. The van der Waals surface area contributed by atoms with Gasteiger partial charge in [-0.3, -0.25) is 4.79 Å². The minimum Gasteiger partial charge on any atom is -0.497 e. The first-order valence-electron chi connectivity index (χ1n) is 10.5. The van der Waals surface area contributed by atoms with Crippen LogP contribution in [0, 0.1) is 0 Å². The number of carbonyl (C=O) groups is 1. The fraction of sp³-hybridized carbons (Fsp3) is 0.292. The molecule has 2 aromatic heterocycles. The average Bonchev–Trinajstić information content (AvgIpc) is 3.58. The molecular weight excluding hydrogens is 424 g/mol. The first kappa shape index (κ1) is 20.5. The Bertz CT molecular complexity index is 1250. The first-order valence-corrected chi connectivity index (χ1v) is 11.5. The molecule has 0 radical (unpaired) electrons. The number of hydrogen-bond donors (Lipinski definition) is 0. The molecule has 3 heterocycles. The van der Waals surface area contributed by atoms with E-state index >= 15 is 0 Å². The number of imidazole rings is 1. The highest BCUT2D eigenvalue weighted by atomic mass is 32.1. The molecule has 0 unspecified atom stereocenters. The molecule has 0 N–H and O–H groups in total. The highest BCUT2D eigenvalue weighted by Crippen LogP contribution is 2.39. The van der Waals surface area contributed by atoms with Gasteiger partial charge in [0.05, 0.1) is 36.8 Å². The van der Waals surface area contributed by atoms with Crippen molar-refractivity contribution in [1.29, 1.82) is 0 Å². The van der Waals surface area contributed by atoms with E-state index in [2.05, 4.69) is 4.98 Å². The molecule has 2 aromatic carbocycles. The smallest absolute Gasteiger partial charge is 0.243 e. The zero-order valence-electron chi connectivity index (χ0n) is 18.0. The quantitative estimate of drug-likeness (QED) is 0.433. The molecule has 5 rings (SSSR count). The van der Waals surface area contributed by atoms with Gasteiger partial charge >= 0.3 is 0 Å². The molecule has 4 aromatic rings. The molecule has 0 saturated carbocycles. The lowest BCUT2D eigenvalue weighted by atomic mass is 10.0. The van der Waals surface area contributed by atoms with Crippen molar-refractivity contribution in [2.24, 2.45) is 0 Å². The lowest BCUT2D eigenvalue weighted by Crippen LogP contribution is -2.33. The minimum absolute atomic E-state index is 0.0270. The summed E-state index contributed by atoms with van der Waals surface area (Å²) >= 11 is 1.52. The number of ether oxygens (including phenoxy) is 2. The Labute approximate surface area is 190 Å². The molecule has 1 aliphatic heterocycles. The van der Waals surface area contributed by atoms with Crippen LogP contribution in [0.5, 0.6) is 11.5 Å². The van der Waals surface area contributed by atoms with Crippen LogP contribution in [0.1, 0.15) is 24.4 Å². The van der Waals surface area contributed by atoms with Gasteiger partial charge < -0.3 is 18.9 Å². The highest BCUT2D eigenvalue weighted by Gasteiger charge is 2.32. The number of thiazole rings is 1. The van der Waals surface area contributed by atoms with Crippen LogP contribution in [0.25, 0.3) is 22.6 Å². The van der Waals surface area contributed by atoms with Gasteiger partial charge in [-0.2, -0.15) is 0 Å². The van der Waals surface area contributed by atoms with Gasteiger partial charge in [0.25, 0.3) is 0 Å². The maximum absolute atomic E-state index is 13.6. The summed E-state index contributed by atoms with van der Waals surface area (Å²) in [5, 5.41) is 1.96. The molecule has 1 atom stereocenters. The van der Waals surface area contributed by atoms with E-state index in [4.69, 9.17) is 14.5 Å². The van der Waals surface area contributed by atoms with Crippen molar-refractivity contribution in [2.45, 2.75) is 25.4 Å². The number of aromatic nitrogens is 3. The molecule has 7 nitrogen and oxygen atoms in total. The van der Waals surface area contributed by atoms with Gasteiger partial charge in [-0.05, 0) is 37.1 Å². The molecule has 164 valence electrons. The van der Waals surface area contributed by atoms with Gasteiger partial charge in [0, 0.05) is 23.6 Å². The Balaban J connectivity index is 1.48. The van der Waals surface area contributed by atoms with Gasteiger partial charge in [0.1, 0.15) is 23.7 Å². The predicted molar refractivity (Wildman–Crippen MR) is 124 cm³/mol. The van der Waals surface area contributed by atoms with Crippen LogP contribution in [0.2, 0.25) is 0 Å². The van der Waals surface area contributed by atoms with Crippen molar-refractivity contribution in [2.75, 3.05) is 20.8 Å². The average molecular weight is 449 g/mol. The second kappa shape index (κ2) is 8.63. The maximum Gasteiger partial charge on any atom is 0.243 e. The zero-order chi connectivity index (χ0) is 22.1. The lowest BCUT2D eigenvalue weighted by Gasteiger charge is -2.27. The van der Waals surface area contributed by atoms with Gasteiger partial charge in [-0.25, -0.2) is 9.97 Å². The monoisotopic (exact) mass is 448 g/mol. The summed E-state index contributed by atoms with van der Waals surface area (Å²) in [6.07, 6.45) is 1.85. The summed E-state index contributed by atoms with van der Waals surface area (Å²) in [5.74, 6) is 2.26. The Hall–Kier alpha value is -3.39. The minimum atomic E-state index is -0.0270. The zero-order valence-corrected chi connectivity index (χ0v) is 18.8. The third kappa shape index (κ3) is 3.60. The summed E-state index contributed by atoms with van der Waals surface area (Å²) in [6.45, 7) is 0.930. The number of methoxy groups -OCH3 is 2. The van der Waals surface area contributed by atoms with Gasteiger partial charge in [0.2, 0.25) is 5.91 Å². The van der Waals surface area contributed by atoms with Crippen molar-refractivity contribution in [3.05, 3.63) is 58.9 Å². The molecule has 1 fully saturated rings. The molecule has 0 aliphatic carbocycles. The summed E-state index contributed by atoms with van der Waals surface area (Å²) < 4.78 is 12.9. The third-order valence-electron chi connectivity index (χ3n) is 5.98. The number of carbonyl (C=O) groups excluding carboxylic acids is 1. The molecule has 32 heavy (non-hydrogen) atoms. The van der Waals surface area contributed by atoms with Gasteiger partial charge in [-0.1, -0.05) is 12.1 Å². The Kier molecular flexibility index (Phi) is 5.53. The Morgan fingerprint density at radius 3 is 2.84 bits per heavy atom. The number of hydrogen-bond acceptors (Lipinski definition) is 6. The Morgan fingerprint density at radius 2 is 2.06 bits per heavy atom. The molecule has 0 spiro atoms. The number of rotatable bonds is 6. The van der Waals surface area contributed by atoms with Crippen LogP contribution in [0.3, 0.4) is 0 Å². The van der Waals surface area contributed by atoms with Crippen LogP contribution in [0.15, 0.2) is 53.4 Å². The van der Waals surface area contributed by atoms with Crippen LogP contribution in [-0.4, -0.2) is 46.1 Å². The third-order valence-corrected chi connectivity index (χ3v) is 6.57. The van der Waals surface area contributed by atoms with Crippen molar-refractivity contribution in [1.82, 2.24) is 19.4 Å². The summed E-state index contributed by atoms with van der Waals surface area (Å²) in [7, 11) is 3.28. The van der Waals surface area contributed by atoms with Crippen molar-refractivity contribution in [3.8, 4) is 23.0 Å². The molecular formula is C24H24N4O3S. The summed E-state index contributed by atoms with van der Waals surface area (Å²) in [4.78, 5) is 24.7. The van der Waals surface area contributed by atoms with E-state index in [1.165, 1.54) is 11.3 Å². The molecule has 1 aliphatic rings. The largest absolute Gasteiger partial charge is 0.497 e. The van der Waals surface area contributed by atoms with Gasteiger partial charge in [-0.15, -0.1) is 11.3 Å². The Morgan fingerprint density at radius 1 is 1.19 bits per heavy atom. The number of benzene rings is 2. The first-order chi connectivity index (χ1) is 15.7. The normalized spacial score (nSPS) is 15.9. The van der Waals surface area contributed by atoms with E-state index in [1.807, 2.05) is 57.3 Å². The van der Waals surface area contributed by atoms with Crippen molar-refractivity contribution < 1.29 is 14.3 Å². The van der Waals surface area contributed by atoms with E-state index in [-0.39, 0.29) is 18.5 Å².